The van der Waals surface area contributed by atoms with Crippen LogP contribution in [0.5, 0.6) is 0 Å². The zero-order valence-electron chi connectivity index (χ0n) is 11.4. The number of ether oxygens (including phenoxy) is 1. The molecule has 1 N–H and O–H groups in total. The van der Waals surface area contributed by atoms with Crippen molar-refractivity contribution in [2.24, 2.45) is 5.92 Å². The lowest BCUT2D eigenvalue weighted by Gasteiger charge is -2.28. The molecule has 0 aromatic rings. The van der Waals surface area contributed by atoms with E-state index in [0.717, 1.165) is 25.8 Å². The SMILES string of the molecule is CCCNC1COCC1CN(CC(F)(F)F)C1CC1. The zero-order chi connectivity index (χ0) is 13.9. The Morgan fingerprint density at radius 2 is 2.00 bits per heavy atom. The largest absolute Gasteiger partial charge is 0.401 e. The second kappa shape index (κ2) is 6.41. The maximum absolute atomic E-state index is 12.6. The van der Waals surface area contributed by atoms with Crippen molar-refractivity contribution in [2.75, 3.05) is 32.8 Å². The van der Waals surface area contributed by atoms with Crippen molar-refractivity contribution in [3.05, 3.63) is 0 Å². The monoisotopic (exact) mass is 280 g/mol. The first-order chi connectivity index (χ1) is 8.99. The zero-order valence-corrected chi connectivity index (χ0v) is 11.4. The minimum Gasteiger partial charge on any atom is -0.379 e. The lowest BCUT2D eigenvalue weighted by atomic mass is 10.0. The van der Waals surface area contributed by atoms with Gasteiger partial charge in [0, 0.05) is 24.5 Å². The Balaban J connectivity index is 1.85. The van der Waals surface area contributed by atoms with Crippen LogP contribution in [0.1, 0.15) is 26.2 Å². The molecule has 1 saturated heterocycles. The molecule has 2 aliphatic rings. The second-order valence-electron chi connectivity index (χ2n) is 5.63. The normalized spacial score (nSPS) is 28.3. The number of alkyl halides is 3. The summed E-state index contributed by atoms with van der Waals surface area (Å²) in [5.41, 5.74) is 0. The van der Waals surface area contributed by atoms with Gasteiger partial charge in [0.25, 0.3) is 0 Å². The van der Waals surface area contributed by atoms with Crippen LogP contribution in [0.25, 0.3) is 0 Å². The van der Waals surface area contributed by atoms with Crippen molar-refractivity contribution in [3.8, 4) is 0 Å². The van der Waals surface area contributed by atoms with Gasteiger partial charge in [-0.3, -0.25) is 4.90 Å². The predicted octanol–water partition coefficient (Wildman–Crippen LogP) is 2.03. The molecule has 2 unspecified atom stereocenters. The molecule has 0 aromatic heterocycles. The molecule has 0 amide bonds. The Bertz CT molecular complexity index is 282. The Morgan fingerprint density at radius 1 is 1.26 bits per heavy atom. The van der Waals surface area contributed by atoms with Crippen molar-refractivity contribution in [2.45, 2.75) is 44.4 Å². The van der Waals surface area contributed by atoms with Crippen LogP contribution in [0.2, 0.25) is 0 Å². The minimum absolute atomic E-state index is 0.133. The highest BCUT2D eigenvalue weighted by molar-refractivity contribution is 4.90. The fourth-order valence-corrected chi connectivity index (χ4v) is 2.65. The standard InChI is InChI=1S/C13H23F3N2O/c1-2-5-17-12-8-19-7-10(12)6-18(11-3-4-11)9-13(14,15)16/h10-12,17H,2-9H2,1H3. The van der Waals surface area contributed by atoms with Crippen molar-refractivity contribution >= 4 is 0 Å². The molecular formula is C13H23F3N2O. The molecule has 0 aromatic carbocycles. The van der Waals surface area contributed by atoms with E-state index in [0.29, 0.717) is 19.8 Å². The average Bonchev–Trinajstić information content (AvgIpc) is 3.07. The molecule has 0 bridgehead atoms. The van der Waals surface area contributed by atoms with E-state index in [4.69, 9.17) is 4.74 Å². The van der Waals surface area contributed by atoms with Crippen LogP contribution in [-0.4, -0.2) is 56.0 Å². The van der Waals surface area contributed by atoms with E-state index in [1.54, 1.807) is 4.90 Å². The number of rotatable bonds is 7. The summed E-state index contributed by atoms with van der Waals surface area (Å²) in [6.07, 6.45) is -1.28. The smallest absolute Gasteiger partial charge is 0.379 e. The van der Waals surface area contributed by atoms with Crippen molar-refractivity contribution in [1.29, 1.82) is 0 Å². The molecule has 2 rings (SSSR count). The Morgan fingerprint density at radius 3 is 2.58 bits per heavy atom. The molecule has 1 saturated carbocycles. The highest BCUT2D eigenvalue weighted by Gasteiger charge is 2.40. The van der Waals surface area contributed by atoms with Gasteiger partial charge in [0.2, 0.25) is 0 Å². The van der Waals surface area contributed by atoms with Gasteiger partial charge in [-0.1, -0.05) is 6.92 Å². The van der Waals surface area contributed by atoms with Crippen LogP contribution in [0, 0.1) is 5.92 Å². The maximum Gasteiger partial charge on any atom is 0.401 e. The maximum atomic E-state index is 12.6. The fourth-order valence-electron chi connectivity index (χ4n) is 2.65. The number of nitrogens with zero attached hydrogens (tertiary/aromatic N) is 1. The first-order valence-electron chi connectivity index (χ1n) is 7.11. The number of halogens is 3. The van der Waals surface area contributed by atoms with Gasteiger partial charge >= 0.3 is 6.18 Å². The fraction of sp³-hybridized carbons (Fsp3) is 1.00. The summed E-state index contributed by atoms with van der Waals surface area (Å²) in [4.78, 5) is 1.60. The number of hydrogen-bond acceptors (Lipinski definition) is 3. The van der Waals surface area contributed by atoms with E-state index >= 15 is 0 Å². The van der Waals surface area contributed by atoms with Crippen LogP contribution in [-0.2, 0) is 4.74 Å². The Labute approximate surface area is 112 Å². The molecule has 3 nitrogen and oxygen atoms in total. The summed E-state index contributed by atoms with van der Waals surface area (Å²) in [6, 6.07) is 0.337. The first kappa shape index (κ1) is 15.1. The molecule has 19 heavy (non-hydrogen) atoms. The van der Waals surface area contributed by atoms with Crippen LogP contribution < -0.4 is 5.32 Å². The molecule has 0 spiro atoms. The Kier molecular flexibility index (Phi) is 5.09. The summed E-state index contributed by atoms with van der Waals surface area (Å²) in [5.74, 6) is 0.175. The summed E-state index contributed by atoms with van der Waals surface area (Å²) in [7, 11) is 0. The Hall–Kier alpha value is -0.330. The lowest BCUT2D eigenvalue weighted by molar-refractivity contribution is -0.148. The van der Waals surface area contributed by atoms with E-state index in [2.05, 4.69) is 12.2 Å². The summed E-state index contributed by atoms with van der Waals surface area (Å²) < 4.78 is 43.2. The van der Waals surface area contributed by atoms with Crippen LogP contribution in [0.15, 0.2) is 0 Å². The summed E-state index contributed by atoms with van der Waals surface area (Å²) in [5, 5.41) is 3.38. The second-order valence-corrected chi connectivity index (χ2v) is 5.63. The predicted molar refractivity (Wildman–Crippen MR) is 67.0 cm³/mol. The summed E-state index contributed by atoms with van der Waals surface area (Å²) >= 11 is 0. The molecule has 0 radical (unpaired) electrons. The van der Waals surface area contributed by atoms with Gasteiger partial charge in [0.15, 0.2) is 0 Å². The van der Waals surface area contributed by atoms with E-state index in [1.807, 2.05) is 0 Å². The third-order valence-electron chi connectivity index (χ3n) is 3.77. The van der Waals surface area contributed by atoms with Crippen molar-refractivity contribution in [1.82, 2.24) is 10.2 Å². The van der Waals surface area contributed by atoms with E-state index in [1.165, 1.54) is 0 Å². The van der Waals surface area contributed by atoms with Gasteiger partial charge < -0.3 is 10.1 Å². The number of hydrogen-bond donors (Lipinski definition) is 1. The van der Waals surface area contributed by atoms with Gasteiger partial charge in [-0.15, -0.1) is 0 Å². The van der Waals surface area contributed by atoms with Crippen molar-refractivity contribution in [3.63, 3.8) is 0 Å². The molecule has 1 heterocycles. The third kappa shape index (κ3) is 4.93. The highest BCUT2D eigenvalue weighted by atomic mass is 19.4. The van der Waals surface area contributed by atoms with Gasteiger partial charge in [-0.25, -0.2) is 0 Å². The van der Waals surface area contributed by atoms with Crippen molar-refractivity contribution < 1.29 is 17.9 Å². The molecule has 1 aliphatic heterocycles. The molecule has 1 aliphatic carbocycles. The highest BCUT2D eigenvalue weighted by Crippen LogP contribution is 2.31. The van der Waals surface area contributed by atoms with Crippen LogP contribution in [0.3, 0.4) is 0 Å². The summed E-state index contributed by atoms with van der Waals surface area (Å²) in [6.45, 7) is 3.88. The van der Waals surface area contributed by atoms with Crippen LogP contribution in [0.4, 0.5) is 13.2 Å². The minimum atomic E-state index is -4.10. The van der Waals surface area contributed by atoms with E-state index in [9.17, 15) is 13.2 Å². The topological polar surface area (TPSA) is 24.5 Å². The van der Waals surface area contributed by atoms with Gasteiger partial charge in [0.1, 0.15) is 0 Å². The van der Waals surface area contributed by atoms with Crippen LogP contribution >= 0.6 is 0 Å². The molecular weight excluding hydrogens is 257 g/mol. The average molecular weight is 280 g/mol. The van der Waals surface area contributed by atoms with Gasteiger partial charge in [0.05, 0.1) is 19.8 Å². The van der Waals surface area contributed by atoms with E-state index < -0.39 is 12.7 Å². The molecule has 112 valence electrons. The number of nitrogens with one attached hydrogen (secondary N) is 1. The quantitative estimate of drug-likeness (QED) is 0.772. The third-order valence-corrected chi connectivity index (χ3v) is 3.77. The molecule has 6 heteroatoms. The van der Waals surface area contributed by atoms with Gasteiger partial charge in [-0.05, 0) is 25.8 Å². The molecule has 2 fully saturated rings. The molecule has 2 atom stereocenters. The van der Waals surface area contributed by atoms with Gasteiger partial charge in [-0.2, -0.15) is 13.2 Å². The van der Waals surface area contributed by atoms with E-state index in [-0.39, 0.29) is 18.0 Å². The first-order valence-corrected chi connectivity index (χ1v) is 7.11. The lowest BCUT2D eigenvalue weighted by Crippen LogP contribution is -2.45.